The molecule has 1 amide bonds. The molecule has 1 aromatic carbocycles. The topological polar surface area (TPSA) is 49.3 Å². The number of hydrogen-bond donors (Lipinski definition) is 2. The second-order valence-corrected chi connectivity index (χ2v) is 6.93. The van der Waals surface area contributed by atoms with Crippen LogP contribution < -0.4 is 5.32 Å². The van der Waals surface area contributed by atoms with Crippen LogP contribution in [-0.4, -0.2) is 23.7 Å². The number of aliphatic hydroxyl groups is 1. The van der Waals surface area contributed by atoms with Crippen LogP contribution in [0.4, 0.5) is 8.78 Å². The molecule has 0 atom stereocenters. The Labute approximate surface area is 135 Å². The van der Waals surface area contributed by atoms with Crippen LogP contribution in [0, 0.1) is 17.6 Å². The average molecular weight is 323 g/mol. The molecule has 0 radical (unpaired) electrons. The highest BCUT2D eigenvalue weighted by Gasteiger charge is 2.47. The fraction of sp³-hybridized carbons (Fsp3) is 0.611. The molecule has 2 saturated carbocycles. The van der Waals surface area contributed by atoms with E-state index in [1.54, 1.807) is 0 Å². The van der Waals surface area contributed by atoms with Gasteiger partial charge in [0, 0.05) is 24.3 Å². The van der Waals surface area contributed by atoms with E-state index >= 15 is 0 Å². The number of halogens is 2. The quantitative estimate of drug-likeness (QED) is 0.895. The van der Waals surface area contributed by atoms with Gasteiger partial charge in [-0.3, -0.25) is 4.79 Å². The monoisotopic (exact) mass is 323 g/mol. The van der Waals surface area contributed by atoms with E-state index in [-0.39, 0.29) is 18.6 Å². The summed E-state index contributed by atoms with van der Waals surface area (Å²) in [7, 11) is 0. The molecule has 2 aliphatic carbocycles. The zero-order chi connectivity index (χ0) is 16.4. The second-order valence-electron chi connectivity index (χ2n) is 6.93. The van der Waals surface area contributed by atoms with E-state index in [2.05, 4.69) is 5.32 Å². The summed E-state index contributed by atoms with van der Waals surface area (Å²) in [5.74, 6) is -1.07. The lowest BCUT2D eigenvalue weighted by atomic mass is 9.63. The van der Waals surface area contributed by atoms with Gasteiger partial charge in [0.1, 0.15) is 11.6 Å². The molecule has 0 heterocycles. The van der Waals surface area contributed by atoms with Crippen LogP contribution in [0.1, 0.15) is 50.5 Å². The third kappa shape index (κ3) is 3.11. The molecule has 0 unspecified atom stereocenters. The first-order chi connectivity index (χ1) is 11.0. The number of carbonyl (C=O) groups is 1. The zero-order valence-corrected chi connectivity index (χ0v) is 13.2. The summed E-state index contributed by atoms with van der Waals surface area (Å²) in [6, 6.07) is 3.57. The Bertz CT molecular complexity index is 578. The number of carbonyl (C=O) groups excluding carboxylic acids is 1. The Balaban J connectivity index is 1.71. The number of amides is 1. The highest BCUT2D eigenvalue weighted by molar-refractivity contribution is 5.89. The van der Waals surface area contributed by atoms with E-state index in [0.717, 1.165) is 38.2 Å². The van der Waals surface area contributed by atoms with Gasteiger partial charge in [-0.25, -0.2) is 8.78 Å². The highest BCUT2D eigenvalue weighted by atomic mass is 19.1. The molecular formula is C18H23F2NO2. The zero-order valence-electron chi connectivity index (χ0n) is 13.2. The van der Waals surface area contributed by atoms with Gasteiger partial charge >= 0.3 is 0 Å². The molecule has 0 bridgehead atoms. The van der Waals surface area contributed by atoms with Crippen LogP contribution in [0.15, 0.2) is 18.2 Å². The Hall–Kier alpha value is -1.49. The lowest BCUT2D eigenvalue weighted by molar-refractivity contribution is -0.131. The van der Waals surface area contributed by atoms with Crippen LogP contribution in [0.2, 0.25) is 0 Å². The molecule has 1 aromatic rings. The Morgan fingerprint density at radius 2 is 1.91 bits per heavy atom. The van der Waals surface area contributed by atoms with Gasteiger partial charge in [0.25, 0.3) is 0 Å². The third-order valence-electron chi connectivity index (χ3n) is 5.53. The predicted molar refractivity (Wildman–Crippen MR) is 82.9 cm³/mol. The first-order valence-electron chi connectivity index (χ1n) is 8.42. The van der Waals surface area contributed by atoms with Gasteiger partial charge in [0.05, 0.1) is 5.41 Å². The van der Waals surface area contributed by atoms with Gasteiger partial charge in [0.2, 0.25) is 5.91 Å². The van der Waals surface area contributed by atoms with E-state index < -0.39 is 17.0 Å². The van der Waals surface area contributed by atoms with Crippen LogP contribution in [-0.2, 0) is 10.2 Å². The van der Waals surface area contributed by atoms with Crippen molar-refractivity contribution in [3.8, 4) is 0 Å². The van der Waals surface area contributed by atoms with Gasteiger partial charge in [-0.1, -0.05) is 12.5 Å². The molecule has 2 fully saturated rings. The van der Waals surface area contributed by atoms with Gasteiger partial charge < -0.3 is 10.4 Å². The predicted octanol–water partition coefficient (Wildman–Crippen LogP) is 3.05. The van der Waals surface area contributed by atoms with Crippen molar-refractivity contribution in [1.82, 2.24) is 5.32 Å². The molecule has 0 aliphatic heterocycles. The molecule has 0 aromatic heterocycles. The normalized spacial score (nSPS) is 26.4. The molecule has 0 saturated heterocycles. The lowest BCUT2D eigenvalue weighted by Gasteiger charge is -2.42. The van der Waals surface area contributed by atoms with E-state index in [1.165, 1.54) is 12.1 Å². The fourth-order valence-electron chi connectivity index (χ4n) is 3.84. The minimum Gasteiger partial charge on any atom is -0.396 e. The van der Waals surface area contributed by atoms with E-state index in [0.29, 0.717) is 24.3 Å². The van der Waals surface area contributed by atoms with E-state index in [1.807, 2.05) is 0 Å². The molecular weight excluding hydrogens is 300 g/mol. The van der Waals surface area contributed by atoms with Crippen LogP contribution in [0.3, 0.4) is 0 Å². The fourth-order valence-corrected chi connectivity index (χ4v) is 3.84. The second kappa shape index (κ2) is 6.56. The van der Waals surface area contributed by atoms with Gasteiger partial charge in [-0.15, -0.1) is 0 Å². The smallest absolute Gasteiger partial charge is 0.230 e. The van der Waals surface area contributed by atoms with Crippen molar-refractivity contribution >= 4 is 5.91 Å². The largest absolute Gasteiger partial charge is 0.396 e. The van der Waals surface area contributed by atoms with Gasteiger partial charge in [-0.05, 0) is 50.5 Å². The first-order valence-corrected chi connectivity index (χ1v) is 8.42. The summed E-state index contributed by atoms with van der Waals surface area (Å²) in [5, 5.41) is 12.2. The SMILES string of the molecule is O=C(NC1CCC(CO)CC1)C1(c2ccc(F)cc2F)CCC1. The first kappa shape index (κ1) is 16.4. The maximum absolute atomic E-state index is 14.2. The van der Waals surface area contributed by atoms with Crippen molar-refractivity contribution in [3.63, 3.8) is 0 Å². The van der Waals surface area contributed by atoms with Crippen molar-refractivity contribution in [2.45, 2.75) is 56.4 Å². The summed E-state index contributed by atoms with van der Waals surface area (Å²) in [6.07, 6.45) is 5.58. The standard InChI is InChI=1S/C18H23F2NO2/c19-13-4-7-15(16(20)10-13)18(8-1-9-18)17(23)21-14-5-2-12(11-22)3-6-14/h4,7,10,12,14,22H,1-3,5-6,8-9,11H2,(H,21,23). The molecule has 3 nitrogen and oxygen atoms in total. The van der Waals surface area contributed by atoms with Crippen LogP contribution in [0.5, 0.6) is 0 Å². The van der Waals surface area contributed by atoms with Crippen molar-refractivity contribution in [1.29, 1.82) is 0 Å². The van der Waals surface area contributed by atoms with Crippen molar-refractivity contribution in [2.24, 2.45) is 5.92 Å². The Kier molecular flexibility index (Phi) is 4.67. The number of rotatable bonds is 4. The van der Waals surface area contributed by atoms with Crippen LogP contribution >= 0.6 is 0 Å². The van der Waals surface area contributed by atoms with Crippen molar-refractivity contribution in [3.05, 3.63) is 35.4 Å². The number of aliphatic hydroxyl groups excluding tert-OH is 1. The molecule has 5 heteroatoms. The Morgan fingerprint density at radius 3 is 2.43 bits per heavy atom. The van der Waals surface area contributed by atoms with Crippen molar-refractivity contribution < 1.29 is 18.7 Å². The van der Waals surface area contributed by atoms with Crippen LogP contribution in [0.25, 0.3) is 0 Å². The summed E-state index contributed by atoms with van der Waals surface area (Å²) in [6.45, 7) is 0.200. The molecule has 126 valence electrons. The molecule has 0 spiro atoms. The minimum atomic E-state index is -0.842. The number of nitrogens with one attached hydrogen (secondary N) is 1. The number of benzene rings is 1. The summed E-state index contributed by atoms with van der Waals surface area (Å²) >= 11 is 0. The van der Waals surface area contributed by atoms with Crippen molar-refractivity contribution in [2.75, 3.05) is 6.61 Å². The highest BCUT2D eigenvalue weighted by Crippen LogP contribution is 2.45. The number of hydrogen-bond acceptors (Lipinski definition) is 2. The lowest BCUT2D eigenvalue weighted by Crippen LogP contribution is -2.53. The third-order valence-corrected chi connectivity index (χ3v) is 5.53. The molecule has 3 rings (SSSR count). The maximum Gasteiger partial charge on any atom is 0.230 e. The minimum absolute atomic E-state index is 0.0892. The summed E-state index contributed by atoms with van der Waals surface area (Å²) in [4.78, 5) is 12.8. The van der Waals surface area contributed by atoms with E-state index in [4.69, 9.17) is 0 Å². The Morgan fingerprint density at radius 1 is 1.22 bits per heavy atom. The van der Waals surface area contributed by atoms with Gasteiger partial charge in [-0.2, -0.15) is 0 Å². The molecule has 2 aliphatic rings. The summed E-state index contributed by atoms with van der Waals surface area (Å²) in [5.41, 5.74) is -0.530. The average Bonchev–Trinajstić information content (AvgIpc) is 2.49. The van der Waals surface area contributed by atoms with Gasteiger partial charge in [0.15, 0.2) is 0 Å². The maximum atomic E-state index is 14.2. The van der Waals surface area contributed by atoms with E-state index in [9.17, 15) is 18.7 Å². The molecule has 2 N–H and O–H groups in total. The summed E-state index contributed by atoms with van der Waals surface area (Å²) < 4.78 is 27.3. The molecule has 23 heavy (non-hydrogen) atoms.